The van der Waals surface area contributed by atoms with Crippen LogP contribution in [-0.4, -0.2) is 102 Å². The number of likely N-dealkylation sites (N-methyl/N-ethyl adjacent to an activating group) is 1. The molecule has 294 valence electrons. The Morgan fingerprint density at radius 2 is 1.86 bits per heavy atom. The van der Waals surface area contributed by atoms with Crippen LogP contribution in [-0.2, 0) is 32.7 Å². The molecule has 8 heterocycles. The number of ether oxygens (including phenoxy) is 6. The van der Waals surface area contributed by atoms with E-state index >= 15 is 0 Å². The number of thioether (sulfide) groups is 1. The summed E-state index contributed by atoms with van der Waals surface area (Å²) in [6, 6.07) is 5.77. The zero-order valence-corrected chi connectivity index (χ0v) is 32.8. The van der Waals surface area contributed by atoms with Gasteiger partial charge in [-0.15, -0.1) is 11.8 Å². The predicted molar refractivity (Wildman–Crippen MR) is 205 cm³/mol. The number of rotatable bonds is 3. The molecule has 11 rings (SSSR count). The molecule has 2 fully saturated rings. The Labute approximate surface area is 327 Å². The van der Waals surface area contributed by atoms with Crippen LogP contribution < -0.4 is 29.0 Å². The number of hydrogen-bond donors (Lipinski definition) is 4. The Balaban J connectivity index is 1.23. The van der Waals surface area contributed by atoms with Crippen LogP contribution in [0.4, 0.5) is 0 Å². The van der Waals surface area contributed by atoms with Gasteiger partial charge in [-0.05, 0) is 68.6 Å². The number of methoxy groups -OCH3 is 2. The van der Waals surface area contributed by atoms with E-state index in [1.54, 1.807) is 14.2 Å². The molecule has 3 aromatic carbocycles. The quantitative estimate of drug-likeness (QED) is 0.173. The fourth-order valence-electron chi connectivity index (χ4n) is 10.6. The third kappa shape index (κ3) is 4.71. The molecule has 0 radical (unpaired) electrons. The summed E-state index contributed by atoms with van der Waals surface area (Å²) >= 11 is 1.53. The molecular weight excluding hydrogens is 741 g/mol. The summed E-state index contributed by atoms with van der Waals surface area (Å²) in [5.41, 5.74) is 5.79. The molecule has 14 nitrogen and oxygen atoms in total. The number of aliphatic hydroxyl groups excluding tert-OH is 1. The first-order valence-electron chi connectivity index (χ1n) is 18.9. The lowest BCUT2D eigenvalue weighted by atomic mass is 9.73. The molecule has 7 atom stereocenters. The number of hydrogen-bond acceptors (Lipinski definition) is 14. The van der Waals surface area contributed by atoms with Gasteiger partial charge in [0.1, 0.15) is 24.3 Å². The summed E-state index contributed by atoms with van der Waals surface area (Å²) in [4.78, 5) is 35.6. The number of phenolic OH excluding ortho intramolecular Hbond substituents is 1. The van der Waals surface area contributed by atoms with Crippen molar-refractivity contribution >= 4 is 34.6 Å². The minimum absolute atomic E-state index is 0.0439. The third-order valence-electron chi connectivity index (χ3n) is 12.9. The number of nitrogens with one attached hydrogen (secondary N) is 2. The maximum atomic E-state index is 14.9. The highest BCUT2D eigenvalue weighted by Crippen LogP contribution is 2.64. The molecule has 4 N–H and O–H groups in total. The Hall–Kier alpha value is -4.67. The van der Waals surface area contributed by atoms with Crippen molar-refractivity contribution in [1.29, 1.82) is 0 Å². The molecule has 4 bridgehead atoms. The standard InChI is InChI=1S/C41H44N4O10S/c1-17-11-20-12-25-39(48)45-26-14-52-40(49)41(38-22(9-10-42-41)23-13-21(50-5)7-8-24(23)43-38)15-56-37(31(45)30(44(25)4)27(20)32(47)33(17)51-6)29-28(26)36-35(53-16-54-36)18(2)34(29)55-19(3)46/h7-8,11,13,25-26,30-31,37,39,42-43,47-48H,9-10,12,14-16H2,1-6H3/t25?,26?,30?,31?,37?,39?,41-/m1/s1. The van der Waals surface area contributed by atoms with Gasteiger partial charge in [0.25, 0.3) is 0 Å². The Morgan fingerprint density at radius 1 is 1.05 bits per heavy atom. The topological polar surface area (TPSA) is 164 Å². The molecular formula is C41H44N4O10S. The maximum absolute atomic E-state index is 14.9. The number of carbonyl (C=O) groups is 2. The summed E-state index contributed by atoms with van der Waals surface area (Å²) in [7, 11) is 5.17. The van der Waals surface area contributed by atoms with Crippen LogP contribution in [0.5, 0.6) is 34.5 Å². The fourth-order valence-corrected chi connectivity index (χ4v) is 12.2. The highest BCUT2D eigenvalue weighted by Gasteiger charge is 2.61. The molecule has 4 aromatic rings. The molecule has 0 saturated carbocycles. The molecule has 2 saturated heterocycles. The van der Waals surface area contributed by atoms with Gasteiger partial charge in [-0.25, -0.2) is 4.79 Å². The van der Waals surface area contributed by atoms with Crippen LogP contribution in [0, 0.1) is 13.8 Å². The van der Waals surface area contributed by atoms with Crippen molar-refractivity contribution in [3.8, 4) is 34.5 Å². The number of nitrogens with zero attached hydrogens (tertiary/aromatic N) is 2. The van der Waals surface area contributed by atoms with Gasteiger partial charge in [-0.3, -0.25) is 19.9 Å². The first kappa shape index (κ1) is 35.7. The van der Waals surface area contributed by atoms with Crippen molar-refractivity contribution in [2.45, 2.75) is 74.8 Å². The smallest absolute Gasteiger partial charge is 0.333 e. The van der Waals surface area contributed by atoms with Gasteiger partial charge in [-0.2, -0.15) is 0 Å². The van der Waals surface area contributed by atoms with Crippen molar-refractivity contribution in [1.82, 2.24) is 20.1 Å². The minimum Gasteiger partial charge on any atom is -0.504 e. The van der Waals surface area contributed by atoms with Crippen LogP contribution in [0.15, 0.2) is 24.3 Å². The number of esters is 2. The van der Waals surface area contributed by atoms with Crippen molar-refractivity contribution in [3.05, 3.63) is 68.9 Å². The Morgan fingerprint density at radius 3 is 2.62 bits per heavy atom. The molecule has 0 aliphatic carbocycles. The first-order chi connectivity index (χ1) is 27.0. The van der Waals surface area contributed by atoms with Crippen LogP contribution in [0.2, 0.25) is 0 Å². The van der Waals surface area contributed by atoms with Crippen molar-refractivity contribution in [2.75, 3.05) is 47.0 Å². The highest BCUT2D eigenvalue weighted by molar-refractivity contribution is 7.99. The van der Waals surface area contributed by atoms with Crippen LogP contribution in [0.3, 0.4) is 0 Å². The van der Waals surface area contributed by atoms with E-state index in [9.17, 15) is 19.8 Å². The van der Waals surface area contributed by atoms with E-state index in [-0.39, 0.29) is 30.9 Å². The van der Waals surface area contributed by atoms with Crippen molar-refractivity contribution in [3.63, 3.8) is 0 Å². The second kappa shape index (κ2) is 12.7. The lowest BCUT2D eigenvalue weighted by Gasteiger charge is -2.62. The van der Waals surface area contributed by atoms with E-state index in [0.29, 0.717) is 59.1 Å². The van der Waals surface area contributed by atoms with Gasteiger partial charge < -0.3 is 43.6 Å². The number of H-pyrrole nitrogens is 1. The monoisotopic (exact) mass is 784 g/mol. The molecule has 0 amide bonds. The number of aromatic hydroxyl groups is 1. The normalized spacial score (nSPS) is 28.9. The number of aliphatic hydroxyl groups is 1. The van der Waals surface area contributed by atoms with Gasteiger partial charge in [0, 0.05) is 58.4 Å². The second-order valence-electron chi connectivity index (χ2n) is 15.6. The highest BCUT2D eigenvalue weighted by atomic mass is 32.2. The fraction of sp³-hybridized carbons (Fsp3) is 0.463. The number of carbonyl (C=O) groups excluding carboxylic acids is 2. The predicted octanol–water partition coefficient (Wildman–Crippen LogP) is 4.19. The third-order valence-corrected chi connectivity index (χ3v) is 14.4. The Bertz CT molecular complexity index is 2360. The summed E-state index contributed by atoms with van der Waals surface area (Å²) in [6.07, 6.45) is 0.129. The zero-order valence-electron chi connectivity index (χ0n) is 32.0. The summed E-state index contributed by atoms with van der Waals surface area (Å²) in [5.74, 6) is 1.73. The van der Waals surface area contributed by atoms with E-state index in [2.05, 4.69) is 15.2 Å². The molecule has 1 aromatic heterocycles. The maximum Gasteiger partial charge on any atom is 0.333 e. The van der Waals surface area contributed by atoms with E-state index in [1.165, 1.54) is 18.7 Å². The number of benzene rings is 3. The number of aromatic nitrogens is 1. The second-order valence-corrected chi connectivity index (χ2v) is 16.8. The van der Waals surface area contributed by atoms with Gasteiger partial charge in [0.15, 0.2) is 28.5 Å². The largest absolute Gasteiger partial charge is 0.504 e. The van der Waals surface area contributed by atoms with Gasteiger partial charge in [0.2, 0.25) is 6.79 Å². The lowest BCUT2D eigenvalue weighted by molar-refractivity contribution is -0.186. The molecule has 15 heteroatoms. The lowest BCUT2D eigenvalue weighted by Crippen LogP contribution is -2.70. The minimum atomic E-state index is -1.28. The average Bonchev–Trinajstić information content (AvgIpc) is 3.82. The van der Waals surface area contributed by atoms with Gasteiger partial charge >= 0.3 is 11.9 Å². The van der Waals surface area contributed by atoms with Crippen LogP contribution >= 0.6 is 11.8 Å². The van der Waals surface area contributed by atoms with Crippen LogP contribution in [0.1, 0.15) is 68.9 Å². The van der Waals surface area contributed by atoms with Gasteiger partial charge in [0.05, 0.1) is 43.3 Å². The van der Waals surface area contributed by atoms with Crippen LogP contribution in [0.25, 0.3) is 10.9 Å². The molecule has 56 heavy (non-hydrogen) atoms. The van der Waals surface area contributed by atoms with Crippen molar-refractivity contribution < 1.29 is 48.2 Å². The molecule has 7 aliphatic rings. The Kier molecular flexibility index (Phi) is 8.08. The zero-order chi connectivity index (χ0) is 38.9. The van der Waals surface area contributed by atoms with E-state index in [4.69, 9.17) is 28.4 Å². The number of aryl methyl sites for hydroxylation is 1. The summed E-state index contributed by atoms with van der Waals surface area (Å²) in [5, 5.41) is 28.7. The van der Waals surface area contributed by atoms with E-state index < -0.39 is 47.1 Å². The molecule has 6 unspecified atom stereocenters. The van der Waals surface area contributed by atoms with E-state index in [0.717, 1.165) is 44.6 Å². The number of aromatic amines is 1. The van der Waals surface area contributed by atoms with E-state index in [1.807, 2.05) is 50.1 Å². The molecule has 7 aliphatic heterocycles. The summed E-state index contributed by atoms with van der Waals surface area (Å²) < 4.78 is 36.2. The van der Waals surface area contributed by atoms with Crippen molar-refractivity contribution in [2.24, 2.45) is 0 Å². The SMILES string of the molecule is COc1ccc2[nH]c3c(c2c1)CCN[C@]31CSC2c3c(OC(C)=O)c(C)c4c(c3C(COC1=O)N1C(O)C3Cc5cc(C)c(OC)c(O)c5C(C21)N3C)OCO4. The number of fused-ring (bicyclic) bond motifs is 11. The summed E-state index contributed by atoms with van der Waals surface area (Å²) in [6.45, 7) is 5.46. The van der Waals surface area contributed by atoms with Gasteiger partial charge in [-0.1, -0.05) is 6.07 Å². The first-order valence-corrected chi connectivity index (χ1v) is 20.0. The molecule has 1 spiro atoms. The average molecular weight is 785 g/mol. The number of piperazine rings is 1. The number of phenols is 1.